The van der Waals surface area contributed by atoms with E-state index in [1.165, 1.54) is 29.1 Å². The molecule has 0 unspecified atom stereocenters. The van der Waals surface area contributed by atoms with E-state index in [9.17, 15) is 23.2 Å². The lowest BCUT2D eigenvalue weighted by Gasteiger charge is -2.24. The molecule has 0 bridgehead atoms. The first-order chi connectivity index (χ1) is 24.7. The Balaban J connectivity index is 1.46. The SMILES string of the molecule is Cc1nc(C(=O)N[C@@H](CCCN=C(N)N)C(=O)N[C@@H](CC(C)C)C(=O)NCc2cc(Oc3ccc(F)c(F)c3)ccn2)nn1-c1cc(Cl)cc(Cl)c1. The first kappa shape index (κ1) is 39.4. The second kappa shape index (κ2) is 18.2. The molecule has 0 fully saturated rings. The highest BCUT2D eigenvalue weighted by atomic mass is 35.5. The molecule has 276 valence electrons. The van der Waals surface area contributed by atoms with Crippen LogP contribution in [0.4, 0.5) is 8.78 Å². The van der Waals surface area contributed by atoms with Gasteiger partial charge in [0.15, 0.2) is 17.6 Å². The quantitative estimate of drug-likeness (QED) is 0.0625. The summed E-state index contributed by atoms with van der Waals surface area (Å²) in [7, 11) is 0. The lowest BCUT2D eigenvalue weighted by molar-refractivity contribution is -0.130. The third-order valence-electron chi connectivity index (χ3n) is 7.33. The molecule has 0 aliphatic carbocycles. The minimum Gasteiger partial charge on any atom is -0.457 e. The van der Waals surface area contributed by atoms with E-state index in [4.69, 9.17) is 39.4 Å². The molecule has 0 saturated heterocycles. The van der Waals surface area contributed by atoms with Crippen molar-refractivity contribution in [1.29, 1.82) is 0 Å². The smallest absolute Gasteiger partial charge is 0.291 e. The molecule has 0 aliphatic rings. The van der Waals surface area contributed by atoms with E-state index in [-0.39, 0.29) is 55.1 Å². The van der Waals surface area contributed by atoms with Gasteiger partial charge in [-0.15, -0.1) is 5.10 Å². The summed E-state index contributed by atoms with van der Waals surface area (Å²) in [6.07, 6.45) is 2.13. The molecule has 14 nitrogen and oxygen atoms in total. The molecule has 18 heteroatoms. The molecule has 4 rings (SSSR count). The van der Waals surface area contributed by atoms with Gasteiger partial charge in [0.05, 0.1) is 17.9 Å². The number of benzene rings is 2. The summed E-state index contributed by atoms with van der Waals surface area (Å²) in [6.45, 7) is 5.56. The Bertz CT molecular complexity index is 1920. The molecule has 2 heterocycles. The summed E-state index contributed by atoms with van der Waals surface area (Å²) in [4.78, 5) is 52.9. The van der Waals surface area contributed by atoms with Gasteiger partial charge >= 0.3 is 0 Å². The Morgan fingerprint density at radius 2 is 1.65 bits per heavy atom. The summed E-state index contributed by atoms with van der Waals surface area (Å²) in [5.41, 5.74) is 11.8. The zero-order valence-electron chi connectivity index (χ0n) is 28.5. The molecule has 2 aromatic carbocycles. The van der Waals surface area contributed by atoms with Crippen LogP contribution in [-0.2, 0) is 16.1 Å². The largest absolute Gasteiger partial charge is 0.457 e. The fraction of sp³-hybridized carbons (Fsp3) is 0.324. The van der Waals surface area contributed by atoms with Crippen molar-refractivity contribution in [3.8, 4) is 17.2 Å². The third kappa shape index (κ3) is 11.6. The second-order valence-electron chi connectivity index (χ2n) is 12.1. The van der Waals surface area contributed by atoms with Crippen LogP contribution in [0.25, 0.3) is 5.69 Å². The van der Waals surface area contributed by atoms with Gasteiger partial charge in [-0.25, -0.2) is 18.4 Å². The molecule has 4 aromatic rings. The van der Waals surface area contributed by atoms with E-state index in [1.54, 1.807) is 25.1 Å². The number of carbonyl (C=O) groups excluding carboxylic acids is 3. The molecule has 3 amide bonds. The molecule has 52 heavy (non-hydrogen) atoms. The minimum atomic E-state index is -1.12. The number of aliphatic imine (C=N–C) groups is 1. The number of nitrogens with one attached hydrogen (secondary N) is 3. The Labute approximate surface area is 308 Å². The molecule has 0 radical (unpaired) electrons. The summed E-state index contributed by atoms with van der Waals surface area (Å²) in [5, 5.41) is 13.2. The predicted molar refractivity (Wildman–Crippen MR) is 191 cm³/mol. The van der Waals surface area contributed by atoms with Gasteiger partial charge in [0.25, 0.3) is 5.91 Å². The first-order valence-corrected chi connectivity index (χ1v) is 16.9. The number of aromatic nitrogens is 4. The van der Waals surface area contributed by atoms with Crippen LogP contribution in [0.5, 0.6) is 11.5 Å². The molecular formula is C34H38Cl2F2N10O4. The number of aryl methyl sites for hydroxylation is 1. The first-order valence-electron chi connectivity index (χ1n) is 16.1. The number of amides is 3. The minimum absolute atomic E-state index is 0.00644. The Morgan fingerprint density at radius 1 is 0.942 bits per heavy atom. The predicted octanol–water partition coefficient (Wildman–Crippen LogP) is 4.35. The Morgan fingerprint density at radius 3 is 2.33 bits per heavy atom. The fourth-order valence-corrected chi connectivity index (χ4v) is 5.47. The van der Waals surface area contributed by atoms with Crippen molar-refractivity contribution in [2.24, 2.45) is 22.4 Å². The van der Waals surface area contributed by atoms with Crippen LogP contribution >= 0.6 is 23.2 Å². The maximum Gasteiger partial charge on any atom is 0.291 e. The number of rotatable bonds is 16. The number of halogens is 4. The molecule has 0 spiro atoms. The summed E-state index contributed by atoms with van der Waals surface area (Å²) < 4.78 is 33.9. The van der Waals surface area contributed by atoms with Crippen molar-refractivity contribution < 1.29 is 27.9 Å². The third-order valence-corrected chi connectivity index (χ3v) is 7.77. The average Bonchev–Trinajstić information content (AvgIpc) is 3.47. The number of ether oxygens (including phenoxy) is 1. The standard InChI is InChI=1S/C34H38Cl2F2N10O4/c1-18(2)11-29(31(49)43-17-22-15-25(8-10-41-22)52-24-6-7-26(37)27(38)16-24)46-32(50)28(5-4-9-42-34(39)40)45-33(51)30-44-19(3)48(47-30)23-13-20(35)12-21(36)14-23/h6-8,10,12-16,18,28-29H,4-5,9,11,17H2,1-3H3,(H,43,49)(H,45,51)(H,46,50)(H4,39,40,42)/t28-,29-/m0/s1. The number of nitrogens with zero attached hydrogens (tertiary/aromatic N) is 5. The van der Waals surface area contributed by atoms with Crippen LogP contribution in [-0.4, -0.2) is 62.1 Å². The van der Waals surface area contributed by atoms with Crippen LogP contribution in [0.2, 0.25) is 10.0 Å². The summed E-state index contributed by atoms with van der Waals surface area (Å²) in [6, 6.07) is 8.83. The van der Waals surface area contributed by atoms with Crippen LogP contribution in [0, 0.1) is 24.5 Å². The monoisotopic (exact) mass is 758 g/mol. The molecular weight excluding hydrogens is 721 g/mol. The van der Waals surface area contributed by atoms with Crippen molar-refractivity contribution in [3.63, 3.8) is 0 Å². The number of hydrogen-bond donors (Lipinski definition) is 5. The average molecular weight is 760 g/mol. The number of nitrogens with two attached hydrogens (primary N) is 2. The highest BCUT2D eigenvalue weighted by Gasteiger charge is 2.29. The van der Waals surface area contributed by atoms with E-state index in [2.05, 4.69) is 36.0 Å². The van der Waals surface area contributed by atoms with E-state index in [0.29, 0.717) is 33.7 Å². The normalized spacial score (nSPS) is 12.2. The second-order valence-corrected chi connectivity index (χ2v) is 12.9. The Hall–Kier alpha value is -5.35. The zero-order chi connectivity index (χ0) is 37.9. The highest BCUT2D eigenvalue weighted by molar-refractivity contribution is 6.34. The van der Waals surface area contributed by atoms with Crippen LogP contribution in [0.15, 0.2) is 59.7 Å². The van der Waals surface area contributed by atoms with E-state index >= 15 is 0 Å². The van der Waals surface area contributed by atoms with Gasteiger partial charge in [-0.1, -0.05) is 37.0 Å². The van der Waals surface area contributed by atoms with Gasteiger partial charge in [-0.2, -0.15) is 0 Å². The van der Waals surface area contributed by atoms with Gasteiger partial charge < -0.3 is 32.2 Å². The van der Waals surface area contributed by atoms with E-state index in [0.717, 1.165) is 12.1 Å². The van der Waals surface area contributed by atoms with Crippen molar-refractivity contribution >= 4 is 46.9 Å². The van der Waals surface area contributed by atoms with Crippen molar-refractivity contribution in [2.75, 3.05) is 6.54 Å². The van der Waals surface area contributed by atoms with Crippen LogP contribution in [0.1, 0.15) is 55.2 Å². The van der Waals surface area contributed by atoms with E-state index in [1.807, 2.05) is 13.8 Å². The lowest BCUT2D eigenvalue weighted by atomic mass is 10.0. The lowest BCUT2D eigenvalue weighted by Crippen LogP contribution is -2.54. The van der Waals surface area contributed by atoms with E-state index < -0.39 is 41.4 Å². The molecule has 0 saturated carbocycles. The van der Waals surface area contributed by atoms with Gasteiger partial charge in [0, 0.05) is 34.9 Å². The Kier molecular flexibility index (Phi) is 13.8. The fourth-order valence-electron chi connectivity index (χ4n) is 4.96. The van der Waals surface area contributed by atoms with Gasteiger partial charge in [0.2, 0.25) is 17.6 Å². The number of pyridine rings is 1. The van der Waals surface area contributed by atoms with Gasteiger partial charge in [-0.3, -0.25) is 24.4 Å². The number of carbonyl (C=O) groups is 3. The van der Waals surface area contributed by atoms with Gasteiger partial charge in [-0.05, 0) is 68.5 Å². The van der Waals surface area contributed by atoms with Gasteiger partial charge in [0.1, 0.15) is 29.4 Å². The van der Waals surface area contributed by atoms with Crippen molar-refractivity contribution in [2.45, 2.75) is 58.7 Å². The zero-order valence-corrected chi connectivity index (χ0v) is 30.0. The summed E-state index contributed by atoms with van der Waals surface area (Å²) >= 11 is 12.3. The molecule has 0 aliphatic heterocycles. The van der Waals surface area contributed by atoms with Crippen LogP contribution in [0.3, 0.4) is 0 Å². The number of hydrogen-bond acceptors (Lipinski definition) is 8. The molecule has 2 atom stereocenters. The topological polar surface area (TPSA) is 205 Å². The maximum absolute atomic E-state index is 13.7. The van der Waals surface area contributed by atoms with Crippen molar-refractivity contribution in [3.05, 3.63) is 93.8 Å². The maximum atomic E-state index is 13.7. The molecule has 2 aromatic heterocycles. The highest BCUT2D eigenvalue weighted by Crippen LogP contribution is 2.24. The molecule has 7 N–H and O–H groups in total. The van der Waals surface area contributed by atoms with Crippen LogP contribution < -0.4 is 32.2 Å². The number of guanidine groups is 1. The van der Waals surface area contributed by atoms with Crippen molar-refractivity contribution in [1.82, 2.24) is 35.7 Å². The summed E-state index contributed by atoms with van der Waals surface area (Å²) in [5.74, 6) is -3.56.